The van der Waals surface area contributed by atoms with Crippen LogP contribution in [-0.4, -0.2) is 55.0 Å². The van der Waals surface area contributed by atoms with E-state index in [0.29, 0.717) is 12.2 Å². The first-order chi connectivity index (χ1) is 10.3. The fourth-order valence-corrected chi connectivity index (χ4v) is 3.75. The number of fused-ring (bicyclic) bond motifs is 2. The Bertz CT molecular complexity index is 441. The Kier molecular flexibility index (Phi) is 4.60. The molecule has 0 saturated carbocycles. The van der Waals surface area contributed by atoms with E-state index in [-0.39, 0.29) is 12.1 Å². The minimum absolute atomic E-state index is 0.109. The molecule has 2 aliphatic heterocycles. The Morgan fingerprint density at radius 3 is 2.48 bits per heavy atom. The molecule has 2 aliphatic rings. The number of hydrogen-bond acceptors (Lipinski definition) is 4. The van der Waals surface area contributed by atoms with Crippen LogP contribution in [0.4, 0.5) is 0 Å². The van der Waals surface area contributed by atoms with Gasteiger partial charge in [0, 0.05) is 19.6 Å². The van der Waals surface area contributed by atoms with E-state index in [1.54, 1.807) is 0 Å². The number of nitrogens with zero attached hydrogens (tertiary/aromatic N) is 1. The molecule has 2 fully saturated rings. The van der Waals surface area contributed by atoms with Gasteiger partial charge in [-0.05, 0) is 24.9 Å². The van der Waals surface area contributed by atoms with Gasteiger partial charge in [-0.2, -0.15) is 0 Å². The standard InChI is InChI=1S/C17H26N2O2/c1-2-18-17(13-20,14-6-4-3-5-7-14)12-19-10-15-8-9-16(11-19)21-15/h3-7,15-16,18,20H,2,8-13H2,1H3. The number of rotatable bonds is 6. The van der Waals surface area contributed by atoms with Crippen molar-refractivity contribution in [3.63, 3.8) is 0 Å². The zero-order chi connectivity index (χ0) is 14.7. The van der Waals surface area contributed by atoms with Crippen LogP contribution in [0.15, 0.2) is 30.3 Å². The first-order valence-electron chi connectivity index (χ1n) is 8.05. The van der Waals surface area contributed by atoms with Gasteiger partial charge < -0.3 is 15.2 Å². The Balaban J connectivity index is 1.79. The van der Waals surface area contributed by atoms with Crippen molar-refractivity contribution in [2.45, 2.75) is 37.5 Å². The number of morpholine rings is 1. The van der Waals surface area contributed by atoms with E-state index in [1.165, 1.54) is 12.8 Å². The fourth-order valence-electron chi connectivity index (χ4n) is 3.75. The summed E-state index contributed by atoms with van der Waals surface area (Å²) in [5, 5.41) is 13.6. The van der Waals surface area contributed by atoms with Crippen molar-refractivity contribution in [1.82, 2.24) is 10.2 Å². The molecule has 1 aromatic rings. The number of benzene rings is 1. The van der Waals surface area contributed by atoms with Crippen LogP contribution in [0.25, 0.3) is 0 Å². The first kappa shape index (κ1) is 15.0. The van der Waals surface area contributed by atoms with Gasteiger partial charge in [0.2, 0.25) is 0 Å². The van der Waals surface area contributed by atoms with Crippen LogP contribution < -0.4 is 5.32 Å². The lowest BCUT2D eigenvalue weighted by molar-refractivity contribution is -0.0502. The molecule has 21 heavy (non-hydrogen) atoms. The number of aliphatic hydroxyl groups excluding tert-OH is 1. The Morgan fingerprint density at radius 1 is 1.24 bits per heavy atom. The van der Waals surface area contributed by atoms with E-state index in [2.05, 4.69) is 29.3 Å². The van der Waals surface area contributed by atoms with E-state index in [4.69, 9.17) is 4.74 Å². The second-order valence-corrected chi connectivity index (χ2v) is 6.29. The molecule has 2 heterocycles. The maximum atomic E-state index is 10.1. The molecule has 4 heteroatoms. The average molecular weight is 290 g/mol. The average Bonchev–Trinajstić information content (AvgIpc) is 2.86. The van der Waals surface area contributed by atoms with Crippen molar-refractivity contribution in [2.24, 2.45) is 0 Å². The summed E-state index contributed by atoms with van der Waals surface area (Å²) in [5.41, 5.74) is 0.778. The number of likely N-dealkylation sites (tertiary alicyclic amines) is 1. The Labute approximate surface area is 127 Å². The lowest BCUT2D eigenvalue weighted by atomic mass is 9.89. The van der Waals surface area contributed by atoms with E-state index in [0.717, 1.165) is 31.7 Å². The summed E-state index contributed by atoms with van der Waals surface area (Å²) in [7, 11) is 0. The maximum absolute atomic E-state index is 10.1. The summed E-state index contributed by atoms with van der Waals surface area (Å²) < 4.78 is 5.92. The predicted octanol–water partition coefficient (Wildman–Crippen LogP) is 1.35. The van der Waals surface area contributed by atoms with Crippen molar-refractivity contribution in [3.05, 3.63) is 35.9 Å². The van der Waals surface area contributed by atoms with Gasteiger partial charge in [-0.1, -0.05) is 37.3 Å². The van der Waals surface area contributed by atoms with Gasteiger partial charge in [0.05, 0.1) is 24.4 Å². The molecule has 0 aliphatic carbocycles. The van der Waals surface area contributed by atoms with Gasteiger partial charge in [0.15, 0.2) is 0 Å². The third-order valence-corrected chi connectivity index (χ3v) is 4.72. The van der Waals surface area contributed by atoms with Gasteiger partial charge in [-0.15, -0.1) is 0 Å². The van der Waals surface area contributed by atoms with Gasteiger partial charge in [-0.25, -0.2) is 0 Å². The summed E-state index contributed by atoms with van der Waals surface area (Å²) in [6.07, 6.45) is 3.13. The van der Waals surface area contributed by atoms with Gasteiger partial charge >= 0.3 is 0 Å². The molecule has 0 amide bonds. The zero-order valence-electron chi connectivity index (χ0n) is 12.8. The number of likely N-dealkylation sites (N-methyl/N-ethyl adjacent to an activating group) is 1. The lowest BCUT2D eigenvalue weighted by Gasteiger charge is -2.41. The van der Waals surface area contributed by atoms with Crippen molar-refractivity contribution in [1.29, 1.82) is 0 Å². The third kappa shape index (κ3) is 3.14. The van der Waals surface area contributed by atoms with Crippen LogP contribution in [0.1, 0.15) is 25.3 Å². The molecule has 3 unspecified atom stereocenters. The zero-order valence-corrected chi connectivity index (χ0v) is 12.8. The number of nitrogens with one attached hydrogen (secondary N) is 1. The monoisotopic (exact) mass is 290 g/mol. The highest BCUT2D eigenvalue weighted by Crippen LogP contribution is 2.29. The van der Waals surface area contributed by atoms with Gasteiger partial charge in [-0.3, -0.25) is 4.90 Å². The molecule has 2 bridgehead atoms. The molecule has 3 atom stereocenters. The molecule has 0 radical (unpaired) electrons. The molecule has 0 spiro atoms. The van der Waals surface area contributed by atoms with Crippen LogP contribution in [0, 0.1) is 0 Å². The molecule has 4 nitrogen and oxygen atoms in total. The highest BCUT2D eigenvalue weighted by molar-refractivity contribution is 5.25. The summed E-state index contributed by atoms with van der Waals surface area (Å²) in [4.78, 5) is 2.46. The molecule has 2 N–H and O–H groups in total. The van der Waals surface area contributed by atoms with Crippen LogP contribution in [-0.2, 0) is 10.3 Å². The number of ether oxygens (including phenoxy) is 1. The maximum Gasteiger partial charge on any atom is 0.0797 e. The fraction of sp³-hybridized carbons (Fsp3) is 0.647. The summed E-state index contributed by atoms with van der Waals surface area (Å²) in [6.45, 7) is 5.84. The Morgan fingerprint density at radius 2 is 1.90 bits per heavy atom. The minimum atomic E-state index is -0.382. The number of hydrogen-bond donors (Lipinski definition) is 2. The molecular formula is C17H26N2O2. The van der Waals surface area contributed by atoms with Crippen LogP contribution >= 0.6 is 0 Å². The van der Waals surface area contributed by atoms with Crippen LogP contribution in [0.2, 0.25) is 0 Å². The third-order valence-electron chi connectivity index (χ3n) is 4.72. The summed E-state index contributed by atoms with van der Waals surface area (Å²) in [5.74, 6) is 0. The van der Waals surface area contributed by atoms with Crippen molar-refractivity contribution in [2.75, 3.05) is 32.8 Å². The van der Waals surface area contributed by atoms with Crippen molar-refractivity contribution >= 4 is 0 Å². The molecule has 1 aromatic carbocycles. The first-order valence-corrected chi connectivity index (χ1v) is 8.05. The molecule has 0 aromatic heterocycles. The highest BCUT2D eigenvalue weighted by atomic mass is 16.5. The van der Waals surface area contributed by atoms with E-state index in [1.807, 2.05) is 18.2 Å². The predicted molar refractivity (Wildman–Crippen MR) is 83.2 cm³/mol. The normalized spacial score (nSPS) is 28.5. The van der Waals surface area contributed by atoms with Crippen molar-refractivity contribution < 1.29 is 9.84 Å². The van der Waals surface area contributed by atoms with E-state index >= 15 is 0 Å². The van der Waals surface area contributed by atoms with Crippen LogP contribution in [0.3, 0.4) is 0 Å². The van der Waals surface area contributed by atoms with Crippen LogP contribution in [0.5, 0.6) is 0 Å². The molecule has 2 saturated heterocycles. The van der Waals surface area contributed by atoms with Crippen molar-refractivity contribution in [3.8, 4) is 0 Å². The highest BCUT2D eigenvalue weighted by Gasteiger charge is 2.39. The largest absolute Gasteiger partial charge is 0.394 e. The molecular weight excluding hydrogens is 264 g/mol. The van der Waals surface area contributed by atoms with E-state index in [9.17, 15) is 5.11 Å². The van der Waals surface area contributed by atoms with E-state index < -0.39 is 0 Å². The molecule has 3 rings (SSSR count). The SMILES string of the molecule is CCNC(CO)(CN1CC2CCC(C1)O2)c1ccccc1. The van der Waals surface area contributed by atoms with Gasteiger partial charge in [0.1, 0.15) is 0 Å². The second-order valence-electron chi connectivity index (χ2n) is 6.29. The Hall–Kier alpha value is -0.940. The second kappa shape index (κ2) is 6.44. The quantitative estimate of drug-likeness (QED) is 0.830. The molecule has 116 valence electrons. The van der Waals surface area contributed by atoms with Gasteiger partial charge in [0.25, 0.3) is 0 Å². The summed E-state index contributed by atoms with van der Waals surface area (Å²) >= 11 is 0. The lowest BCUT2D eigenvalue weighted by Crippen LogP contribution is -2.56. The topological polar surface area (TPSA) is 44.7 Å². The summed E-state index contributed by atoms with van der Waals surface area (Å²) in [6, 6.07) is 10.3. The minimum Gasteiger partial charge on any atom is -0.394 e. The number of aliphatic hydroxyl groups is 1. The smallest absolute Gasteiger partial charge is 0.0797 e.